The molecule has 11 nitrogen and oxygen atoms in total. The molecule has 4 aromatic rings. The lowest BCUT2D eigenvalue weighted by molar-refractivity contribution is -0.253. The Labute approximate surface area is 323 Å². The topological polar surface area (TPSA) is 139 Å². The van der Waals surface area contributed by atoms with Crippen molar-refractivity contribution in [3.8, 4) is 22.6 Å². The summed E-state index contributed by atoms with van der Waals surface area (Å²) in [5, 5.41) is 21.3. The van der Waals surface area contributed by atoms with Gasteiger partial charge in [0.1, 0.15) is 0 Å². The second-order valence-electron chi connectivity index (χ2n) is 14.3. The standard InChI is InChI=1S/C44H53N3O8/c1-52-40-23-34-21-22-47(27-36(34)24-41(40)53-2)28-37-25-39(32-15-13-30(29-48)14-16-32)55-44(54-37)33-19-17-31(18-20-33)38-10-8-7-9-35(38)26-45-42(49)11-5-3-4-6-12-43(50)46-51/h7-10,13-20,23-24,37,39,44,48,51H,3-6,11-12,21-22,25-29H2,1-2H3,(H,45,49)(H,46,50). The van der Waals surface area contributed by atoms with Gasteiger partial charge in [-0.25, -0.2) is 5.48 Å². The number of unbranched alkanes of at least 4 members (excludes halogenated alkanes) is 3. The van der Waals surface area contributed by atoms with Crippen LogP contribution in [0.2, 0.25) is 0 Å². The molecular formula is C44H53N3O8. The Morgan fingerprint density at radius 2 is 1.49 bits per heavy atom. The zero-order valence-corrected chi connectivity index (χ0v) is 31.8. The number of hydroxylamine groups is 1. The smallest absolute Gasteiger partial charge is 0.243 e. The number of carbonyl (C=O) groups excluding carboxylic acids is 2. The van der Waals surface area contributed by atoms with Crippen molar-refractivity contribution in [2.45, 2.75) is 89.6 Å². The van der Waals surface area contributed by atoms with E-state index in [1.807, 2.05) is 42.5 Å². The fourth-order valence-corrected chi connectivity index (χ4v) is 7.46. The van der Waals surface area contributed by atoms with Crippen LogP contribution in [-0.2, 0) is 45.2 Å². The maximum atomic E-state index is 12.6. The number of hydrogen-bond donors (Lipinski definition) is 4. The van der Waals surface area contributed by atoms with Gasteiger partial charge in [-0.1, -0.05) is 85.6 Å². The van der Waals surface area contributed by atoms with Crippen LogP contribution in [0, 0.1) is 0 Å². The molecule has 3 unspecified atom stereocenters. The predicted molar refractivity (Wildman–Crippen MR) is 208 cm³/mol. The highest BCUT2D eigenvalue weighted by Gasteiger charge is 2.34. The van der Waals surface area contributed by atoms with Crippen LogP contribution in [0.25, 0.3) is 11.1 Å². The SMILES string of the molecule is COc1cc2c(cc1OC)CN(CC1CC(c3ccc(CO)cc3)OC(c3ccc(-c4ccccc4CNC(=O)CCCCCCC(=O)NO)cc3)O1)CC2. The summed E-state index contributed by atoms with van der Waals surface area (Å²) in [6.07, 6.45) is 4.58. The first-order valence-electron chi connectivity index (χ1n) is 19.2. The molecule has 2 aliphatic rings. The molecule has 0 bridgehead atoms. The fourth-order valence-electron chi connectivity index (χ4n) is 7.46. The van der Waals surface area contributed by atoms with E-state index in [1.165, 1.54) is 11.1 Å². The lowest BCUT2D eigenvalue weighted by Crippen LogP contribution is -2.41. The fraction of sp³-hybridized carbons (Fsp3) is 0.409. The molecule has 6 rings (SSSR count). The Hall–Kier alpha value is -4.78. The Morgan fingerprint density at radius 1 is 0.818 bits per heavy atom. The van der Waals surface area contributed by atoms with Crippen molar-refractivity contribution in [3.05, 3.63) is 118 Å². The van der Waals surface area contributed by atoms with Crippen molar-refractivity contribution in [3.63, 3.8) is 0 Å². The number of carbonyl (C=O) groups is 2. The Morgan fingerprint density at radius 3 is 2.18 bits per heavy atom. The monoisotopic (exact) mass is 751 g/mol. The molecule has 2 aliphatic heterocycles. The van der Waals surface area contributed by atoms with E-state index in [-0.39, 0.29) is 37.0 Å². The third kappa shape index (κ3) is 10.7. The Bertz CT molecular complexity index is 1870. The second kappa shape index (κ2) is 19.7. The summed E-state index contributed by atoms with van der Waals surface area (Å²) >= 11 is 0. The summed E-state index contributed by atoms with van der Waals surface area (Å²) in [5.74, 6) is 1.10. The first kappa shape index (κ1) is 39.9. The van der Waals surface area contributed by atoms with Gasteiger partial charge < -0.3 is 29.4 Å². The number of nitrogens with one attached hydrogen (secondary N) is 2. The van der Waals surface area contributed by atoms with E-state index in [9.17, 15) is 14.7 Å². The van der Waals surface area contributed by atoms with Gasteiger partial charge in [-0.05, 0) is 70.3 Å². The molecular weight excluding hydrogens is 698 g/mol. The van der Waals surface area contributed by atoms with Gasteiger partial charge in [0.15, 0.2) is 17.8 Å². The largest absolute Gasteiger partial charge is 0.493 e. The highest BCUT2D eigenvalue weighted by Crippen LogP contribution is 2.40. The van der Waals surface area contributed by atoms with Crippen LogP contribution < -0.4 is 20.3 Å². The molecule has 1 fully saturated rings. The molecule has 3 atom stereocenters. The normalized spacial score (nSPS) is 18.3. The Kier molecular flexibility index (Phi) is 14.3. The molecule has 4 aromatic carbocycles. The molecule has 11 heteroatoms. The average molecular weight is 752 g/mol. The van der Waals surface area contributed by atoms with Gasteiger partial charge in [-0.15, -0.1) is 0 Å². The van der Waals surface area contributed by atoms with Crippen LogP contribution in [0.3, 0.4) is 0 Å². The molecule has 1 saturated heterocycles. The summed E-state index contributed by atoms with van der Waals surface area (Å²) in [7, 11) is 3.33. The predicted octanol–water partition coefficient (Wildman–Crippen LogP) is 6.93. The number of methoxy groups -OCH3 is 2. The summed E-state index contributed by atoms with van der Waals surface area (Å²) in [6.45, 7) is 2.86. The molecule has 0 spiro atoms. The van der Waals surface area contributed by atoms with Crippen molar-refractivity contribution in [1.82, 2.24) is 15.7 Å². The lowest BCUT2D eigenvalue weighted by atomic mass is 9.96. The van der Waals surface area contributed by atoms with Gasteiger partial charge in [0, 0.05) is 51.0 Å². The summed E-state index contributed by atoms with van der Waals surface area (Å²) in [4.78, 5) is 26.2. The van der Waals surface area contributed by atoms with Gasteiger partial charge in [-0.2, -0.15) is 0 Å². The van der Waals surface area contributed by atoms with E-state index < -0.39 is 6.29 Å². The van der Waals surface area contributed by atoms with Gasteiger partial charge in [0.25, 0.3) is 0 Å². The highest BCUT2D eigenvalue weighted by atomic mass is 16.7. The van der Waals surface area contributed by atoms with E-state index in [2.05, 4.69) is 52.7 Å². The molecule has 292 valence electrons. The van der Waals surface area contributed by atoms with Crippen LogP contribution >= 0.6 is 0 Å². The molecule has 2 amide bonds. The van der Waals surface area contributed by atoms with Crippen LogP contribution in [0.1, 0.15) is 90.7 Å². The van der Waals surface area contributed by atoms with Crippen molar-refractivity contribution < 1.29 is 38.9 Å². The molecule has 0 aromatic heterocycles. The molecule has 2 heterocycles. The third-order valence-electron chi connectivity index (χ3n) is 10.5. The number of aliphatic hydroxyl groups excluding tert-OH is 1. The van der Waals surface area contributed by atoms with E-state index >= 15 is 0 Å². The van der Waals surface area contributed by atoms with E-state index in [1.54, 1.807) is 19.7 Å². The number of benzene rings is 4. The van der Waals surface area contributed by atoms with E-state index in [0.717, 1.165) is 90.2 Å². The minimum atomic E-state index is -0.571. The van der Waals surface area contributed by atoms with Crippen molar-refractivity contribution in [2.24, 2.45) is 0 Å². The number of aliphatic hydroxyl groups is 1. The third-order valence-corrected chi connectivity index (χ3v) is 10.5. The number of fused-ring (bicyclic) bond motifs is 1. The quantitative estimate of drug-likeness (QED) is 0.0514. The van der Waals surface area contributed by atoms with Gasteiger partial charge >= 0.3 is 0 Å². The first-order valence-corrected chi connectivity index (χ1v) is 19.2. The van der Waals surface area contributed by atoms with Crippen LogP contribution in [0.15, 0.2) is 84.9 Å². The number of amides is 2. The molecule has 0 saturated carbocycles. The highest BCUT2D eigenvalue weighted by molar-refractivity contribution is 5.76. The van der Waals surface area contributed by atoms with Crippen molar-refractivity contribution in [2.75, 3.05) is 27.3 Å². The minimum Gasteiger partial charge on any atom is -0.493 e. The summed E-state index contributed by atoms with van der Waals surface area (Å²) in [5.41, 5.74) is 10.1. The number of ether oxygens (including phenoxy) is 4. The zero-order chi connectivity index (χ0) is 38.6. The van der Waals surface area contributed by atoms with Crippen LogP contribution in [-0.4, -0.2) is 60.4 Å². The van der Waals surface area contributed by atoms with Gasteiger partial charge in [0.2, 0.25) is 11.8 Å². The molecule has 0 aliphatic carbocycles. The van der Waals surface area contributed by atoms with Gasteiger partial charge in [0.05, 0.1) is 33.0 Å². The van der Waals surface area contributed by atoms with E-state index in [0.29, 0.717) is 25.8 Å². The molecule has 0 radical (unpaired) electrons. The van der Waals surface area contributed by atoms with Crippen LogP contribution in [0.4, 0.5) is 0 Å². The molecule has 4 N–H and O–H groups in total. The Balaban J connectivity index is 1.11. The second-order valence-corrected chi connectivity index (χ2v) is 14.3. The van der Waals surface area contributed by atoms with Crippen molar-refractivity contribution in [1.29, 1.82) is 0 Å². The summed E-state index contributed by atoms with van der Waals surface area (Å²) < 4.78 is 24.5. The number of rotatable bonds is 17. The molecule has 55 heavy (non-hydrogen) atoms. The van der Waals surface area contributed by atoms with E-state index in [4.69, 9.17) is 24.2 Å². The number of hydrogen-bond acceptors (Lipinski definition) is 9. The zero-order valence-electron chi connectivity index (χ0n) is 31.8. The maximum absolute atomic E-state index is 12.6. The average Bonchev–Trinajstić information content (AvgIpc) is 3.23. The number of nitrogens with zero attached hydrogens (tertiary/aromatic N) is 1. The minimum absolute atomic E-state index is 0.00585. The van der Waals surface area contributed by atoms with Crippen LogP contribution in [0.5, 0.6) is 11.5 Å². The van der Waals surface area contributed by atoms with Gasteiger partial charge in [-0.3, -0.25) is 19.7 Å². The maximum Gasteiger partial charge on any atom is 0.243 e. The lowest BCUT2D eigenvalue weighted by Gasteiger charge is -2.39. The first-order chi connectivity index (χ1) is 26.9. The summed E-state index contributed by atoms with van der Waals surface area (Å²) in [6, 6.07) is 28.5. The van der Waals surface area contributed by atoms with Crippen molar-refractivity contribution >= 4 is 11.8 Å².